The van der Waals surface area contributed by atoms with Crippen LogP contribution in [0.2, 0.25) is 0 Å². The Kier molecular flexibility index (Phi) is 5.91. The number of nitrogens with one attached hydrogen (secondary N) is 1. The van der Waals surface area contributed by atoms with Crippen molar-refractivity contribution in [3.8, 4) is 0 Å². The molecule has 0 aromatic heterocycles. The number of carbonyl (C=O) groups excluding carboxylic acids is 1. The molecule has 1 aromatic rings. The highest BCUT2D eigenvalue weighted by Crippen LogP contribution is 2.31. The number of amides is 1. The van der Waals surface area contributed by atoms with Gasteiger partial charge in [0.2, 0.25) is 15.9 Å². The fraction of sp³-hybridized carbons (Fsp3) is 0.562. The molecule has 1 amide bonds. The molecule has 1 aliphatic heterocycles. The molecule has 3 rings (SSSR count). The minimum atomic E-state index is -3.56. The quantitative estimate of drug-likeness (QED) is 0.834. The second-order valence-electron chi connectivity index (χ2n) is 6.37. The van der Waals surface area contributed by atoms with Crippen molar-refractivity contribution in [1.82, 2.24) is 4.72 Å². The maximum absolute atomic E-state index is 12.6. The highest BCUT2D eigenvalue weighted by atomic mass is 35.5. The summed E-state index contributed by atoms with van der Waals surface area (Å²) in [6.45, 7) is 2.64. The molecule has 1 aliphatic carbocycles. The monoisotopic (exact) mass is 373 g/mol. The van der Waals surface area contributed by atoms with Crippen molar-refractivity contribution in [2.45, 2.75) is 43.5 Å². The van der Waals surface area contributed by atoms with Gasteiger partial charge in [0.15, 0.2) is 0 Å². The number of benzene rings is 1. The van der Waals surface area contributed by atoms with Crippen molar-refractivity contribution < 1.29 is 13.2 Å². The predicted octanol–water partition coefficient (Wildman–Crippen LogP) is 1.42. The maximum atomic E-state index is 12.6. The van der Waals surface area contributed by atoms with E-state index >= 15 is 0 Å². The molecule has 1 fully saturated rings. The highest BCUT2D eigenvalue weighted by molar-refractivity contribution is 7.89. The van der Waals surface area contributed by atoms with Gasteiger partial charge in [-0.1, -0.05) is 6.42 Å². The molecule has 6 nitrogen and oxygen atoms in total. The number of anilines is 1. The molecule has 1 aromatic carbocycles. The summed E-state index contributed by atoms with van der Waals surface area (Å²) >= 11 is 0. The molecule has 24 heavy (non-hydrogen) atoms. The Morgan fingerprint density at radius 1 is 1.38 bits per heavy atom. The van der Waals surface area contributed by atoms with Crippen LogP contribution in [-0.2, 0) is 21.2 Å². The van der Waals surface area contributed by atoms with Crippen LogP contribution in [0, 0.1) is 5.92 Å². The SMILES string of the molecule is CC(=O)N1CCc2cc(S(=O)(=O)NC3CCCC3CN)ccc21.Cl. The first kappa shape index (κ1) is 19.2. The maximum Gasteiger partial charge on any atom is 0.240 e. The van der Waals surface area contributed by atoms with Gasteiger partial charge < -0.3 is 10.6 Å². The summed E-state index contributed by atoms with van der Waals surface area (Å²) in [6.07, 6.45) is 3.51. The van der Waals surface area contributed by atoms with Crippen molar-refractivity contribution in [3.63, 3.8) is 0 Å². The Bertz CT molecular complexity index is 723. The first-order valence-electron chi connectivity index (χ1n) is 8.06. The zero-order chi connectivity index (χ0) is 16.6. The van der Waals surface area contributed by atoms with Gasteiger partial charge in [0, 0.05) is 25.2 Å². The Labute approximate surface area is 149 Å². The van der Waals surface area contributed by atoms with Gasteiger partial charge in [-0.15, -0.1) is 12.4 Å². The smallest absolute Gasteiger partial charge is 0.240 e. The van der Waals surface area contributed by atoms with Crippen molar-refractivity contribution in [3.05, 3.63) is 23.8 Å². The van der Waals surface area contributed by atoms with Crippen LogP contribution in [0.1, 0.15) is 31.7 Å². The third-order valence-corrected chi connectivity index (χ3v) is 6.39. The molecule has 2 atom stereocenters. The zero-order valence-corrected chi connectivity index (χ0v) is 15.3. The molecular formula is C16H24ClN3O3S. The van der Waals surface area contributed by atoms with Gasteiger partial charge in [-0.2, -0.15) is 0 Å². The van der Waals surface area contributed by atoms with E-state index in [0.717, 1.165) is 30.5 Å². The lowest BCUT2D eigenvalue weighted by molar-refractivity contribution is -0.116. The van der Waals surface area contributed by atoms with Crippen LogP contribution in [0.25, 0.3) is 0 Å². The highest BCUT2D eigenvalue weighted by Gasteiger charge is 2.31. The van der Waals surface area contributed by atoms with Crippen LogP contribution in [0.4, 0.5) is 5.69 Å². The molecular weight excluding hydrogens is 350 g/mol. The van der Waals surface area contributed by atoms with Gasteiger partial charge in [-0.25, -0.2) is 13.1 Å². The third-order valence-electron chi connectivity index (χ3n) is 4.91. The number of rotatable bonds is 4. The fourth-order valence-corrected chi connectivity index (χ4v) is 5.00. The standard InChI is InChI=1S/C16H23N3O3S.ClH/c1-11(20)19-8-7-12-9-14(5-6-16(12)19)23(21,22)18-15-4-2-3-13(15)10-17;/h5-6,9,13,15,18H,2-4,7-8,10,17H2,1H3;1H. The first-order chi connectivity index (χ1) is 10.9. The molecule has 2 aliphatic rings. The summed E-state index contributed by atoms with van der Waals surface area (Å²) in [5, 5.41) is 0. The van der Waals surface area contributed by atoms with E-state index in [-0.39, 0.29) is 35.2 Å². The van der Waals surface area contributed by atoms with E-state index in [1.165, 1.54) is 6.92 Å². The van der Waals surface area contributed by atoms with Gasteiger partial charge in [0.1, 0.15) is 0 Å². The number of hydrogen-bond acceptors (Lipinski definition) is 4. The normalized spacial score (nSPS) is 23.0. The van der Waals surface area contributed by atoms with E-state index in [4.69, 9.17) is 5.73 Å². The van der Waals surface area contributed by atoms with Gasteiger partial charge >= 0.3 is 0 Å². The molecule has 1 saturated carbocycles. The van der Waals surface area contributed by atoms with Crippen LogP contribution in [0.3, 0.4) is 0 Å². The second kappa shape index (κ2) is 7.39. The van der Waals surface area contributed by atoms with Crippen LogP contribution in [0.5, 0.6) is 0 Å². The summed E-state index contributed by atoms with van der Waals surface area (Å²) in [7, 11) is -3.56. The zero-order valence-electron chi connectivity index (χ0n) is 13.7. The van der Waals surface area contributed by atoms with Gasteiger partial charge in [-0.05, 0) is 55.5 Å². The summed E-state index contributed by atoms with van der Waals surface area (Å²) in [6, 6.07) is 4.92. The van der Waals surface area contributed by atoms with E-state index in [2.05, 4.69) is 4.72 Å². The van der Waals surface area contributed by atoms with Gasteiger partial charge in [0.25, 0.3) is 0 Å². The third kappa shape index (κ3) is 3.59. The Morgan fingerprint density at radius 2 is 2.12 bits per heavy atom. The number of fused-ring (bicyclic) bond motifs is 1. The summed E-state index contributed by atoms with van der Waals surface area (Å²) in [4.78, 5) is 13.5. The average Bonchev–Trinajstić information content (AvgIpc) is 3.11. The molecule has 0 spiro atoms. The lowest BCUT2D eigenvalue weighted by Gasteiger charge is -2.20. The number of hydrogen-bond donors (Lipinski definition) is 2. The largest absolute Gasteiger partial charge is 0.330 e. The van der Waals surface area contributed by atoms with E-state index in [9.17, 15) is 13.2 Å². The number of sulfonamides is 1. The van der Waals surface area contributed by atoms with Gasteiger partial charge in [-0.3, -0.25) is 4.79 Å². The van der Waals surface area contributed by atoms with E-state index in [0.29, 0.717) is 19.5 Å². The molecule has 3 N–H and O–H groups in total. The minimum Gasteiger partial charge on any atom is -0.330 e. The summed E-state index contributed by atoms with van der Waals surface area (Å²) < 4.78 is 28.1. The number of nitrogens with two attached hydrogens (primary N) is 1. The van der Waals surface area contributed by atoms with Crippen LogP contribution < -0.4 is 15.4 Å². The first-order valence-corrected chi connectivity index (χ1v) is 9.54. The fourth-order valence-electron chi connectivity index (χ4n) is 3.61. The van der Waals surface area contributed by atoms with Crippen molar-refractivity contribution in [2.75, 3.05) is 18.0 Å². The minimum absolute atomic E-state index is 0. The lowest BCUT2D eigenvalue weighted by atomic mass is 10.1. The summed E-state index contributed by atoms with van der Waals surface area (Å²) in [5.41, 5.74) is 7.45. The molecule has 2 unspecified atom stereocenters. The average molecular weight is 374 g/mol. The molecule has 134 valence electrons. The number of carbonyl (C=O) groups is 1. The Balaban J connectivity index is 0.00000208. The van der Waals surface area contributed by atoms with Crippen LogP contribution >= 0.6 is 12.4 Å². The Morgan fingerprint density at radius 3 is 2.79 bits per heavy atom. The van der Waals surface area contributed by atoms with Crippen LogP contribution in [-0.4, -0.2) is 33.5 Å². The molecule has 0 saturated heterocycles. The second-order valence-corrected chi connectivity index (χ2v) is 8.08. The molecule has 0 radical (unpaired) electrons. The molecule has 0 bridgehead atoms. The van der Waals surface area contributed by atoms with E-state index < -0.39 is 10.0 Å². The van der Waals surface area contributed by atoms with Crippen molar-refractivity contribution in [2.24, 2.45) is 11.7 Å². The Hall–Kier alpha value is -1.15. The van der Waals surface area contributed by atoms with E-state index in [1.54, 1.807) is 23.1 Å². The molecule has 1 heterocycles. The van der Waals surface area contributed by atoms with Gasteiger partial charge in [0.05, 0.1) is 4.90 Å². The topological polar surface area (TPSA) is 92.5 Å². The van der Waals surface area contributed by atoms with Crippen LogP contribution in [0.15, 0.2) is 23.1 Å². The number of halogens is 1. The van der Waals surface area contributed by atoms with Crippen molar-refractivity contribution >= 4 is 34.0 Å². The summed E-state index contributed by atoms with van der Waals surface area (Å²) in [5.74, 6) is 0.196. The van der Waals surface area contributed by atoms with E-state index in [1.807, 2.05) is 0 Å². The lowest BCUT2D eigenvalue weighted by Crippen LogP contribution is -2.39. The van der Waals surface area contributed by atoms with Crippen molar-refractivity contribution in [1.29, 1.82) is 0 Å². The number of nitrogens with zero attached hydrogens (tertiary/aromatic N) is 1. The predicted molar refractivity (Wildman–Crippen MR) is 95.9 cm³/mol. The molecule has 8 heteroatoms.